The van der Waals surface area contributed by atoms with Crippen LogP contribution in [0.1, 0.15) is 32.6 Å². The van der Waals surface area contributed by atoms with Gasteiger partial charge in [0.2, 0.25) is 0 Å². The third-order valence-corrected chi connectivity index (χ3v) is 6.20. The van der Waals surface area contributed by atoms with E-state index in [9.17, 15) is 14.7 Å². The van der Waals surface area contributed by atoms with Crippen molar-refractivity contribution in [3.05, 3.63) is 94.1 Å². The van der Waals surface area contributed by atoms with Crippen molar-refractivity contribution in [2.45, 2.75) is 20.3 Å². The maximum Gasteiger partial charge on any atom is 0.336 e. The van der Waals surface area contributed by atoms with Crippen molar-refractivity contribution in [3.63, 3.8) is 0 Å². The van der Waals surface area contributed by atoms with Crippen LogP contribution in [0.4, 0.5) is 0 Å². The summed E-state index contributed by atoms with van der Waals surface area (Å²) in [6, 6.07) is 17.7. The van der Waals surface area contributed by atoms with Gasteiger partial charge < -0.3 is 9.84 Å². The number of aliphatic carboxylic acids is 1. The molecular weight excluding hydrogens is 436 g/mol. The standard InChI is InChI=1S/C26H22N2O4S/c1-15-4-7-19(12-16(15)2)25(29)21(13-17-5-9-20(32-3)10-6-17)24(26(30)31)18-8-11-22-23(14-18)28-33-27-22/h4-12,14H,13H2,1-3H3,(H,30,31)/b24-21+. The van der Waals surface area contributed by atoms with Crippen molar-refractivity contribution in [2.75, 3.05) is 7.11 Å². The van der Waals surface area contributed by atoms with Crippen LogP contribution in [0.15, 0.2) is 66.2 Å². The highest BCUT2D eigenvalue weighted by molar-refractivity contribution is 7.00. The minimum atomic E-state index is -1.17. The lowest BCUT2D eigenvalue weighted by atomic mass is 9.88. The van der Waals surface area contributed by atoms with Gasteiger partial charge in [-0.2, -0.15) is 8.75 Å². The number of aromatic nitrogens is 2. The van der Waals surface area contributed by atoms with Crippen LogP contribution in [-0.4, -0.2) is 32.7 Å². The largest absolute Gasteiger partial charge is 0.497 e. The number of methoxy groups -OCH3 is 1. The van der Waals surface area contributed by atoms with E-state index in [1.165, 1.54) is 0 Å². The summed E-state index contributed by atoms with van der Waals surface area (Å²) in [5.41, 5.74) is 5.16. The van der Waals surface area contributed by atoms with E-state index < -0.39 is 5.97 Å². The Morgan fingerprint density at radius 1 is 0.879 bits per heavy atom. The number of rotatable bonds is 7. The molecule has 1 N–H and O–H groups in total. The smallest absolute Gasteiger partial charge is 0.336 e. The van der Waals surface area contributed by atoms with Crippen LogP contribution in [0.25, 0.3) is 16.6 Å². The molecule has 6 nitrogen and oxygen atoms in total. The molecule has 0 atom stereocenters. The van der Waals surface area contributed by atoms with E-state index >= 15 is 0 Å². The van der Waals surface area contributed by atoms with Crippen LogP contribution < -0.4 is 4.74 Å². The zero-order chi connectivity index (χ0) is 23.5. The Balaban J connectivity index is 1.90. The number of carbonyl (C=O) groups is 2. The molecule has 0 aliphatic heterocycles. The molecule has 166 valence electrons. The van der Waals surface area contributed by atoms with Crippen LogP contribution in [0.2, 0.25) is 0 Å². The van der Waals surface area contributed by atoms with Crippen molar-refractivity contribution in [3.8, 4) is 5.75 Å². The van der Waals surface area contributed by atoms with E-state index in [2.05, 4.69) is 8.75 Å². The SMILES string of the molecule is COc1ccc(C/C(C(=O)c2ccc(C)c(C)c2)=C(\C(=O)O)c2ccc3nsnc3c2)cc1. The Hall–Kier alpha value is -3.84. The summed E-state index contributed by atoms with van der Waals surface area (Å²) in [7, 11) is 1.58. The normalized spacial score (nSPS) is 11.8. The summed E-state index contributed by atoms with van der Waals surface area (Å²) in [6.45, 7) is 3.90. The van der Waals surface area contributed by atoms with E-state index in [4.69, 9.17) is 4.74 Å². The van der Waals surface area contributed by atoms with Gasteiger partial charge in [-0.25, -0.2) is 4.79 Å². The molecule has 0 spiro atoms. The number of nitrogens with zero attached hydrogens (tertiary/aromatic N) is 2. The summed E-state index contributed by atoms with van der Waals surface area (Å²) in [4.78, 5) is 26.2. The van der Waals surface area contributed by atoms with Gasteiger partial charge in [-0.3, -0.25) is 4.79 Å². The number of benzene rings is 3. The molecule has 0 saturated heterocycles. The lowest BCUT2D eigenvalue weighted by Crippen LogP contribution is -2.14. The molecule has 1 heterocycles. The quantitative estimate of drug-likeness (QED) is 0.299. The molecule has 33 heavy (non-hydrogen) atoms. The van der Waals surface area contributed by atoms with Crippen LogP contribution in [-0.2, 0) is 11.2 Å². The minimum absolute atomic E-state index is 0.0380. The number of carboxylic acids is 1. The second-order valence-corrected chi connectivity index (χ2v) is 8.31. The number of ketones is 1. The average molecular weight is 459 g/mol. The molecule has 1 aromatic heterocycles. The first kappa shape index (κ1) is 22.4. The van der Waals surface area contributed by atoms with Gasteiger partial charge in [0.05, 0.1) is 24.4 Å². The first-order valence-electron chi connectivity index (χ1n) is 10.3. The van der Waals surface area contributed by atoms with Gasteiger partial charge in [0.1, 0.15) is 16.8 Å². The van der Waals surface area contributed by atoms with Crippen molar-refractivity contribution in [1.82, 2.24) is 8.75 Å². The minimum Gasteiger partial charge on any atom is -0.497 e. The van der Waals surface area contributed by atoms with Crippen molar-refractivity contribution >= 4 is 40.1 Å². The molecule has 0 unspecified atom stereocenters. The van der Waals surface area contributed by atoms with Crippen LogP contribution >= 0.6 is 11.7 Å². The molecule has 0 aliphatic carbocycles. The Kier molecular flexibility index (Phi) is 6.33. The van der Waals surface area contributed by atoms with Gasteiger partial charge in [0.25, 0.3) is 0 Å². The molecular formula is C26H22N2O4S. The zero-order valence-electron chi connectivity index (χ0n) is 18.5. The molecule has 0 radical (unpaired) electrons. The number of carboxylic acid groups (broad SMARTS) is 1. The van der Waals surface area contributed by atoms with Gasteiger partial charge in [0, 0.05) is 17.6 Å². The number of ether oxygens (including phenoxy) is 1. The molecule has 3 aromatic carbocycles. The third kappa shape index (κ3) is 4.68. The van der Waals surface area contributed by atoms with Crippen LogP contribution in [0.3, 0.4) is 0 Å². The Bertz CT molecular complexity index is 1390. The number of hydrogen-bond donors (Lipinski definition) is 1. The fraction of sp³-hybridized carbons (Fsp3) is 0.154. The first-order valence-corrected chi connectivity index (χ1v) is 11.0. The summed E-state index contributed by atoms with van der Waals surface area (Å²) >= 11 is 1.06. The predicted octanol–water partition coefficient (Wildman–Crippen LogP) is 5.28. The van der Waals surface area contributed by atoms with Gasteiger partial charge >= 0.3 is 5.97 Å². The maximum atomic E-state index is 13.7. The molecule has 0 bridgehead atoms. The van der Waals surface area contributed by atoms with Crippen molar-refractivity contribution < 1.29 is 19.4 Å². The van der Waals surface area contributed by atoms with Crippen LogP contribution in [0, 0.1) is 13.8 Å². The maximum absolute atomic E-state index is 13.7. The Labute approximate surface area is 195 Å². The fourth-order valence-corrected chi connectivity index (χ4v) is 4.17. The summed E-state index contributed by atoms with van der Waals surface area (Å²) in [5, 5.41) is 10.2. The molecule has 4 rings (SSSR count). The van der Waals surface area contributed by atoms with E-state index in [-0.39, 0.29) is 23.4 Å². The van der Waals surface area contributed by atoms with Gasteiger partial charge in [-0.15, -0.1) is 0 Å². The number of allylic oxidation sites excluding steroid dienone is 1. The molecule has 0 saturated carbocycles. The van der Waals surface area contributed by atoms with Gasteiger partial charge in [-0.05, 0) is 66.4 Å². The monoisotopic (exact) mass is 458 g/mol. The average Bonchev–Trinajstić information content (AvgIpc) is 3.28. The van der Waals surface area contributed by atoms with E-state index in [0.717, 1.165) is 28.4 Å². The highest BCUT2D eigenvalue weighted by Gasteiger charge is 2.24. The Morgan fingerprint density at radius 3 is 2.24 bits per heavy atom. The number of Topliss-reactive ketones (excluding diaryl/α,β-unsaturated/α-hetero) is 1. The Morgan fingerprint density at radius 2 is 1.58 bits per heavy atom. The van der Waals surface area contributed by atoms with Gasteiger partial charge in [0.15, 0.2) is 5.78 Å². The first-order chi connectivity index (χ1) is 15.9. The summed E-state index contributed by atoms with van der Waals surface area (Å²) < 4.78 is 13.6. The lowest BCUT2D eigenvalue weighted by molar-refractivity contribution is -0.130. The highest BCUT2D eigenvalue weighted by atomic mass is 32.1. The summed E-state index contributed by atoms with van der Waals surface area (Å²) in [6.07, 6.45) is 0.157. The topological polar surface area (TPSA) is 89.4 Å². The van der Waals surface area contributed by atoms with E-state index in [1.54, 1.807) is 49.6 Å². The molecule has 0 aliphatic rings. The van der Waals surface area contributed by atoms with Gasteiger partial charge in [-0.1, -0.05) is 30.3 Å². The molecule has 7 heteroatoms. The fourth-order valence-electron chi connectivity index (χ4n) is 3.65. The lowest BCUT2D eigenvalue weighted by Gasteiger charge is -2.14. The number of hydrogen-bond acceptors (Lipinski definition) is 6. The number of fused-ring (bicyclic) bond motifs is 1. The van der Waals surface area contributed by atoms with Crippen LogP contribution in [0.5, 0.6) is 5.75 Å². The number of carbonyl (C=O) groups excluding carboxylic acids is 1. The second-order valence-electron chi connectivity index (χ2n) is 7.78. The van der Waals surface area contributed by atoms with E-state index in [1.807, 2.05) is 32.0 Å². The molecule has 0 amide bonds. The third-order valence-electron chi connectivity index (χ3n) is 5.64. The van der Waals surface area contributed by atoms with Crippen molar-refractivity contribution in [2.24, 2.45) is 0 Å². The predicted molar refractivity (Wildman–Crippen MR) is 129 cm³/mol. The molecule has 0 fully saturated rings. The second kappa shape index (κ2) is 9.34. The highest BCUT2D eigenvalue weighted by Crippen LogP contribution is 2.28. The number of aryl methyl sites for hydroxylation is 2. The summed E-state index contributed by atoms with van der Waals surface area (Å²) in [5.74, 6) is -0.800. The zero-order valence-corrected chi connectivity index (χ0v) is 19.3. The molecule has 4 aromatic rings. The van der Waals surface area contributed by atoms with E-state index in [0.29, 0.717) is 27.9 Å². The van der Waals surface area contributed by atoms with Crippen molar-refractivity contribution in [1.29, 1.82) is 0 Å².